The molecule has 1 aliphatic heterocycles. The van der Waals surface area contributed by atoms with Crippen LogP contribution in [0.1, 0.15) is 48.8 Å². The number of carbonyl (C=O) groups excluding carboxylic acids is 3. The minimum absolute atomic E-state index is 0.000802. The Morgan fingerprint density at radius 2 is 1.83 bits per heavy atom. The predicted octanol–water partition coefficient (Wildman–Crippen LogP) is 4.50. The Kier molecular flexibility index (Phi) is 8.84. The van der Waals surface area contributed by atoms with E-state index in [0.717, 1.165) is 12.1 Å². The number of H-pyrrole nitrogens is 1. The van der Waals surface area contributed by atoms with Crippen LogP contribution in [0.25, 0.3) is 0 Å². The SMILES string of the molecule is Cc1[nH]c(/C=N/N=C2\C(=O)Nc3cc(C(F)(F)F)ccc32)c(C)c1C(=O)NCCNc1ccc(C(=O)Nc2ccccc2N)cn1. The van der Waals surface area contributed by atoms with E-state index in [2.05, 4.69) is 41.4 Å². The fourth-order valence-electron chi connectivity index (χ4n) is 4.71. The van der Waals surface area contributed by atoms with Crippen LogP contribution in [0, 0.1) is 13.8 Å². The summed E-state index contributed by atoms with van der Waals surface area (Å²) in [4.78, 5) is 45.0. The van der Waals surface area contributed by atoms with Crippen LogP contribution in [0.5, 0.6) is 0 Å². The van der Waals surface area contributed by atoms with E-state index in [4.69, 9.17) is 5.73 Å². The molecule has 2 aromatic heterocycles. The van der Waals surface area contributed by atoms with Crippen LogP contribution in [0.2, 0.25) is 0 Å². The number of hydrogen-bond acceptors (Lipinski definition) is 8. The standard InChI is InChI=1S/C31H28F3N9O3/c1-16-24(15-39-43-27-20-9-8-19(31(32,33)34)13-23(20)42-30(27)46)40-17(2)26(16)29(45)37-12-11-36-25-10-7-18(14-38-25)28(44)41-22-6-4-3-5-21(22)35/h3-10,13-15,40H,11-12,35H2,1-2H3,(H,36,38)(H,37,45)(H,41,44)(H,42,43,46)/b39-15+. The summed E-state index contributed by atoms with van der Waals surface area (Å²) in [5, 5.41) is 18.9. The molecule has 5 rings (SSSR count). The van der Waals surface area contributed by atoms with E-state index < -0.39 is 17.6 Å². The summed E-state index contributed by atoms with van der Waals surface area (Å²) < 4.78 is 39.0. The second kappa shape index (κ2) is 12.9. The summed E-state index contributed by atoms with van der Waals surface area (Å²) in [6.07, 6.45) is -1.80. The van der Waals surface area contributed by atoms with Crippen molar-refractivity contribution in [3.63, 3.8) is 0 Å². The monoisotopic (exact) mass is 631 g/mol. The van der Waals surface area contributed by atoms with Gasteiger partial charge in [-0.3, -0.25) is 14.4 Å². The molecule has 2 aromatic carbocycles. The molecule has 0 bridgehead atoms. The molecule has 4 aromatic rings. The first-order chi connectivity index (χ1) is 21.9. The molecule has 3 amide bonds. The summed E-state index contributed by atoms with van der Waals surface area (Å²) in [5.74, 6) is -0.845. The lowest BCUT2D eigenvalue weighted by molar-refractivity contribution is -0.137. The molecule has 1 aliphatic rings. The zero-order chi connectivity index (χ0) is 33.0. The number of halogens is 3. The van der Waals surface area contributed by atoms with Gasteiger partial charge in [-0.1, -0.05) is 12.1 Å². The van der Waals surface area contributed by atoms with Gasteiger partial charge in [-0.2, -0.15) is 18.3 Å². The smallest absolute Gasteiger partial charge is 0.397 e. The third-order valence-electron chi connectivity index (χ3n) is 7.06. The number of fused-ring (bicyclic) bond motifs is 1. The number of carbonyl (C=O) groups is 3. The largest absolute Gasteiger partial charge is 0.416 e. The summed E-state index contributed by atoms with van der Waals surface area (Å²) in [5.41, 5.74) is 8.40. The lowest BCUT2D eigenvalue weighted by Gasteiger charge is -2.10. The minimum atomic E-state index is -4.55. The fourth-order valence-corrected chi connectivity index (χ4v) is 4.71. The fraction of sp³-hybridized carbons (Fsp3) is 0.161. The molecule has 7 N–H and O–H groups in total. The van der Waals surface area contributed by atoms with Gasteiger partial charge in [0.2, 0.25) is 0 Å². The Hall–Kier alpha value is -5.99. The molecule has 46 heavy (non-hydrogen) atoms. The van der Waals surface area contributed by atoms with Gasteiger partial charge in [-0.05, 0) is 61.9 Å². The molecule has 0 saturated heterocycles. The normalized spacial score (nSPS) is 13.5. The number of aromatic nitrogens is 2. The highest BCUT2D eigenvalue weighted by atomic mass is 19.4. The van der Waals surface area contributed by atoms with Crippen LogP contribution in [0.3, 0.4) is 0 Å². The molecule has 0 atom stereocenters. The van der Waals surface area contributed by atoms with Gasteiger partial charge < -0.3 is 32.0 Å². The van der Waals surface area contributed by atoms with Crippen LogP contribution in [-0.2, 0) is 11.0 Å². The third-order valence-corrected chi connectivity index (χ3v) is 7.06. The number of aryl methyl sites for hydroxylation is 1. The number of rotatable bonds is 9. The number of alkyl halides is 3. The number of anilines is 4. The molecule has 0 spiro atoms. The average molecular weight is 632 g/mol. The molecule has 0 radical (unpaired) electrons. The van der Waals surface area contributed by atoms with Gasteiger partial charge >= 0.3 is 6.18 Å². The number of para-hydroxylation sites is 2. The predicted molar refractivity (Wildman–Crippen MR) is 168 cm³/mol. The third kappa shape index (κ3) is 6.88. The Morgan fingerprint density at radius 1 is 1.04 bits per heavy atom. The lowest BCUT2D eigenvalue weighted by atomic mass is 10.1. The van der Waals surface area contributed by atoms with E-state index in [1.807, 2.05) is 0 Å². The highest BCUT2D eigenvalue weighted by Crippen LogP contribution is 2.34. The number of nitrogens with one attached hydrogen (secondary N) is 5. The minimum Gasteiger partial charge on any atom is -0.397 e. The van der Waals surface area contributed by atoms with E-state index in [0.29, 0.717) is 51.8 Å². The highest BCUT2D eigenvalue weighted by Gasteiger charge is 2.34. The van der Waals surface area contributed by atoms with Crippen molar-refractivity contribution in [1.29, 1.82) is 0 Å². The molecule has 15 heteroatoms. The quantitative estimate of drug-likeness (QED) is 0.0685. The van der Waals surface area contributed by atoms with Crippen molar-refractivity contribution in [3.05, 3.63) is 100.0 Å². The highest BCUT2D eigenvalue weighted by molar-refractivity contribution is 6.53. The first kappa shape index (κ1) is 31.4. The van der Waals surface area contributed by atoms with Crippen LogP contribution < -0.4 is 27.0 Å². The molecular formula is C31H28F3N9O3. The van der Waals surface area contributed by atoms with Gasteiger partial charge in [-0.15, -0.1) is 5.10 Å². The summed E-state index contributed by atoms with van der Waals surface area (Å²) >= 11 is 0. The number of hydrogen-bond donors (Lipinski definition) is 6. The Labute approximate surface area is 260 Å². The van der Waals surface area contributed by atoms with Crippen LogP contribution in [0.4, 0.5) is 36.1 Å². The zero-order valence-electron chi connectivity index (χ0n) is 24.5. The molecule has 0 fully saturated rings. The molecule has 0 saturated carbocycles. The van der Waals surface area contributed by atoms with E-state index >= 15 is 0 Å². The first-order valence-electron chi connectivity index (χ1n) is 13.9. The van der Waals surface area contributed by atoms with Crippen LogP contribution >= 0.6 is 0 Å². The van der Waals surface area contributed by atoms with Crippen molar-refractivity contribution in [3.8, 4) is 0 Å². The van der Waals surface area contributed by atoms with E-state index in [9.17, 15) is 27.6 Å². The van der Waals surface area contributed by atoms with Crippen molar-refractivity contribution < 1.29 is 27.6 Å². The number of pyridine rings is 1. The zero-order valence-corrected chi connectivity index (χ0v) is 24.5. The lowest BCUT2D eigenvalue weighted by Crippen LogP contribution is -2.29. The van der Waals surface area contributed by atoms with E-state index in [1.165, 1.54) is 18.5 Å². The van der Waals surface area contributed by atoms with Gasteiger partial charge in [0, 0.05) is 30.5 Å². The van der Waals surface area contributed by atoms with Crippen molar-refractivity contribution >= 4 is 52.5 Å². The Balaban J connectivity index is 1.14. The number of nitrogens with zero attached hydrogens (tertiary/aromatic N) is 3. The van der Waals surface area contributed by atoms with Gasteiger partial charge in [0.1, 0.15) is 5.82 Å². The van der Waals surface area contributed by atoms with Gasteiger partial charge in [0.25, 0.3) is 17.7 Å². The topological polar surface area (TPSA) is 179 Å². The number of amides is 3. The first-order valence-corrected chi connectivity index (χ1v) is 13.9. The van der Waals surface area contributed by atoms with Crippen molar-refractivity contribution in [2.75, 3.05) is 34.8 Å². The van der Waals surface area contributed by atoms with E-state index in [1.54, 1.807) is 50.2 Å². The molecule has 0 unspecified atom stereocenters. The molecule has 3 heterocycles. The van der Waals surface area contributed by atoms with Crippen LogP contribution in [-0.4, -0.2) is 52.7 Å². The van der Waals surface area contributed by atoms with Gasteiger partial charge in [0.05, 0.1) is 45.7 Å². The van der Waals surface area contributed by atoms with Crippen molar-refractivity contribution in [2.24, 2.45) is 10.2 Å². The maximum Gasteiger partial charge on any atom is 0.416 e. The maximum atomic E-state index is 13.0. The van der Waals surface area contributed by atoms with E-state index in [-0.39, 0.29) is 35.3 Å². The van der Waals surface area contributed by atoms with Crippen LogP contribution in [0.15, 0.2) is 71.0 Å². The number of benzene rings is 2. The van der Waals surface area contributed by atoms with Gasteiger partial charge in [0.15, 0.2) is 5.71 Å². The summed E-state index contributed by atoms with van der Waals surface area (Å²) in [6.45, 7) is 4.06. The van der Waals surface area contributed by atoms with Crippen molar-refractivity contribution in [2.45, 2.75) is 20.0 Å². The second-order valence-electron chi connectivity index (χ2n) is 10.2. The number of aromatic amines is 1. The van der Waals surface area contributed by atoms with Gasteiger partial charge in [-0.25, -0.2) is 4.98 Å². The number of nitrogens with two attached hydrogens (primary N) is 1. The molecule has 0 aliphatic carbocycles. The number of nitrogen functional groups attached to an aromatic ring is 1. The maximum absolute atomic E-state index is 13.0. The Morgan fingerprint density at radius 3 is 2.54 bits per heavy atom. The summed E-state index contributed by atoms with van der Waals surface area (Å²) in [6, 6.07) is 13.1. The Bertz CT molecular complexity index is 1880. The molecule has 12 nitrogen and oxygen atoms in total. The molecule has 236 valence electrons. The second-order valence-corrected chi connectivity index (χ2v) is 10.2. The molecular weight excluding hydrogens is 603 g/mol. The van der Waals surface area contributed by atoms with Crippen molar-refractivity contribution in [1.82, 2.24) is 15.3 Å². The average Bonchev–Trinajstić information content (AvgIpc) is 3.49. The summed E-state index contributed by atoms with van der Waals surface area (Å²) in [7, 11) is 0.